The van der Waals surface area contributed by atoms with Crippen molar-refractivity contribution in [1.82, 2.24) is 14.8 Å². The van der Waals surface area contributed by atoms with Crippen molar-refractivity contribution in [2.45, 2.75) is 11.8 Å². The monoisotopic (exact) mass is 456 g/mol. The lowest BCUT2D eigenvalue weighted by atomic mass is 10.1. The molecule has 0 saturated carbocycles. The van der Waals surface area contributed by atoms with Gasteiger partial charge in [0.1, 0.15) is 10.7 Å². The number of hydrogen-bond acceptors (Lipinski definition) is 6. The molecule has 7 nitrogen and oxygen atoms in total. The van der Waals surface area contributed by atoms with E-state index < -0.39 is 15.7 Å². The molecule has 0 aliphatic rings. The molecular weight excluding hydrogens is 439 g/mol. The lowest BCUT2D eigenvalue weighted by molar-refractivity contribution is -0.114. The Morgan fingerprint density at radius 3 is 2.42 bits per heavy atom. The SMILES string of the molecule is CC(=O)Nc1cnn(-c2ccc(S(C)(=O)=O)c(F)c2)c1-c1ccc(-c2cscn2)cc1. The molecule has 10 heteroatoms. The summed E-state index contributed by atoms with van der Waals surface area (Å²) in [7, 11) is -3.70. The maximum absolute atomic E-state index is 14.5. The first kappa shape index (κ1) is 20.9. The zero-order valence-electron chi connectivity index (χ0n) is 16.5. The lowest BCUT2D eigenvalue weighted by Crippen LogP contribution is -2.08. The number of halogens is 1. The van der Waals surface area contributed by atoms with Gasteiger partial charge >= 0.3 is 0 Å². The summed E-state index contributed by atoms with van der Waals surface area (Å²) in [5, 5.41) is 8.97. The molecule has 158 valence electrons. The zero-order valence-corrected chi connectivity index (χ0v) is 18.2. The number of carbonyl (C=O) groups excluding carboxylic acids is 1. The van der Waals surface area contributed by atoms with Crippen LogP contribution in [0.4, 0.5) is 10.1 Å². The molecule has 0 aliphatic heterocycles. The normalized spacial score (nSPS) is 11.5. The third-order valence-corrected chi connectivity index (χ3v) is 6.24. The third-order valence-electron chi connectivity index (χ3n) is 4.53. The van der Waals surface area contributed by atoms with Crippen molar-refractivity contribution >= 4 is 32.8 Å². The maximum atomic E-state index is 14.5. The summed E-state index contributed by atoms with van der Waals surface area (Å²) in [5.41, 5.74) is 5.56. The predicted octanol–water partition coefficient (Wildman–Crippen LogP) is 4.16. The number of anilines is 1. The van der Waals surface area contributed by atoms with E-state index in [1.807, 2.05) is 29.6 Å². The van der Waals surface area contributed by atoms with Gasteiger partial charge < -0.3 is 5.32 Å². The van der Waals surface area contributed by atoms with Crippen LogP contribution in [0.5, 0.6) is 0 Å². The quantitative estimate of drug-likeness (QED) is 0.487. The topological polar surface area (TPSA) is 94.0 Å². The summed E-state index contributed by atoms with van der Waals surface area (Å²) in [6.45, 7) is 1.38. The molecule has 0 fully saturated rings. The smallest absolute Gasteiger partial charge is 0.221 e. The summed E-state index contributed by atoms with van der Waals surface area (Å²) < 4.78 is 39.4. The number of nitrogens with one attached hydrogen (secondary N) is 1. The number of thiazole rings is 1. The number of aromatic nitrogens is 3. The van der Waals surface area contributed by atoms with Gasteiger partial charge in [-0.25, -0.2) is 22.5 Å². The van der Waals surface area contributed by atoms with Gasteiger partial charge in [0, 0.05) is 35.8 Å². The highest BCUT2D eigenvalue weighted by molar-refractivity contribution is 7.90. The minimum atomic E-state index is -3.70. The Kier molecular flexibility index (Phi) is 5.42. The van der Waals surface area contributed by atoms with Gasteiger partial charge in [-0.1, -0.05) is 24.3 Å². The Labute approximate surface area is 182 Å². The number of rotatable bonds is 5. The predicted molar refractivity (Wildman–Crippen MR) is 117 cm³/mol. The highest BCUT2D eigenvalue weighted by Crippen LogP contribution is 2.33. The maximum Gasteiger partial charge on any atom is 0.221 e. The van der Waals surface area contributed by atoms with Crippen LogP contribution in [-0.2, 0) is 14.6 Å². The van der Waals surface area contributed by atoms with Gasteiger partial charge in [-0.15, -0.1) is 11.3 Å². The second-order valence-electron chi connectivity index (χ2n) is 6.84. The van der Waals surface area contributed by atoms with E-state index in [1.54, 1.807) is 5.51 Å². The van der Waals surface area contributed by atoms with Crippen molar-refractivity contribution in [1.29, 1.82) is 0 Å². The van der Waals surface area contributed by atoms with Crippen molar-refractivity contribution in [2.24, 2.45) is 0 Å². The minimum Gasteiger partial charge on any atom is -0.323 e. The van der Waals surface area contributed by atoms with E-state index in [4.69, 9.17) is 0 Å². The number of benzene rings is 2. The molecule has 1 amide bonds. The van der Waals surface area contributed by atoms with E-state index in [9.17, 15) is 17.6 Å². The first-order chi connectivity index (χ1) is 14.7. The van der Waals surface area contributed by atoms with Gasteiger partial charge in [0.2, 0.25) is 5.91 Å². The van der Waals surface area contributed by atoms with Crippen LogP contribution < -0.4 is 5.32 Å². The summed E-state index contributed by atoms with van der Waals surface area (Å²) in [6, 6.07) is 11.3. The molecule has 0 saturated heterocycles. The van der Waals surface area contributed by atoms with Crippen LogP contribution >= 0.6 is 11.3 Å². The summed E-state index contributed by atoms with van der Waals surface area (Å²) >= 11 is 1.50. The Morgan fingerprint density at radius 2 is 1.84 bits per heavy atom. The van der Waals surface area contributed by atoms with Crippen LogP contribution in [0, 0.1) is 5.82 Å². The van der Waals surface area contributed by atoms with E-state index >= 15 is 0 Å². The minimum absolute atomic E-state index is 0.279. The molecule has 4 aromatic rings. The molecule has 0 unspecified atom stereocenters. The average Bonchev–Trinajstić information content (AvgIpc) is 3.37. The molecule has 31 heavy (non-hydrogen) atoms. The van der Waals surface area contributed by atoms with Gasteiger partial charge in [-0.05, 0) is 12.1 Å². The number of sulfone groups is 1. The van der Waals surface area contributed by atoms with Gasteiger partial charge in [0.15, 0.2) is 9.84 Å². The van der Waals surface area contributed by atoms with Crippen LogP contribution in [0.15, 0.2) is 64.4 Å². The van der Waals surface area contributed by atoms with Crippen LogP contribution in [0.25, 0.3) is 28.2 Å². The van der Waals surface area contributed by atoms with Crippen molar-refractivity contribution in [3.63, 3.8) is 0 Å². The molecule has 0 aliphatic carbocycles. The van der Waals surface area contributed by atoms with E-state index in [0.29, 0.717) is 17.1 Å². The zero-order chi connectivity index (χ0) is 22.2. The number of amides is 1. The Bertz CT molecular complexity index is 1360. The largest absolute Gasteiger partial charge is 0.323 e. The number of carbonyl (C=O) groups is 1. The van der Waals surface area contributed by atoms with Crippen molar-refractivity contribution in [3.05, 3.63) is 65.4 Å². The van der Waals surface area contributed by atoms with E-state index in [2.05, 4.69) is 15.4 Å². The van der Waals surface area contributed by atoms with Crippen molar-refractivity contribution < 1.29 is 17.6 Å². The van der Waals surface area contributed by atoms with Gasteiger partial charge in [-0.3, -0.25) is 4.79 Å². The molecule has 0 atom stereocenters. The summed E-state index contributed by atoms with van der Waals surface area (Å²) in [5.74, 6) is -1.15. The fourth-order valence-electron chi connectivity index (χ4n) is 3.18. The van der Waals surface area contributed by atoms with Gasteiger partial charge in [0.25, 0.3) is 0 Å². The van der Waals surface area contributed by atoms with Gasteiger partial charge in [0.05, 0.1) is 34.5 Å². The molecule has 2 aromatic heterocycles. The highest BCUT2D eigenvalue weighted by Gasteiger charge is 2.19. The average molecular weight is 457 g/mol. The molecule has 2 heterocycles. The first-order valence-electron chi connectivity index (χ1n) is 9.08. The Balaban J connectivity index is 1.83. The van der Waals surface area contributed by atoms with Crippen LogP contribution in [0.1, 0.15) is 6.92 Å². The van der Waals surface area contributed by atoms with Crippen LogP contribution in [0.2, 0.25) is 0 Å². The van der Waals surface area contributed by atoms with Crippen LogP contribution in [-0.4, -0.2) is 35.3 Å². The van der Waals surface area contributed by atoms with Gasteiger partial charge in [-0.2, -0.15) is 5.10 Å². The molecule has 0 radical (unpaired) electrons. The van der Waals surface area contributed by atoms with Crippen LogP contribution in [0.3, 0.4) is 0 Å². The first-order valence-corrected chi connectivity index (χ1v) is 11.9. The van der Waals surface area contributed by atoms with E-state index in [1.165, 1.54) is 41.3 Å². The number of hydrogen-bond donors (Lipinski definition) is 1. The van der Waals surface area contributed by atoms with E-state index in [-0.39, 0.29) is 10.8 Å². The molecule has 1 N–H and O–H groups in total. The fourth-order valence-corrected chi connectivity index (χ4v) is 4.47. The molecular formula is C21H17FN4O3S2. The summed E-state index contributed by atoms with van der Waals surface area (Å²) in [4.78, 5) is 15.6. The van der Waals surface area contributed by atoms with Crippen molar-refractivity contribution in [2.75, 3.05) is 11.6 Å². The standard InChI is InChI=1S/C21H17FN4O3S2/c1-13(27)25-18-10-24-26(16-7-8-20(17(22)9-16)31(2,28)29)21(18)15-5-3-14(4-6-15)19-11-30-12-23-19/h3-12H,1-2H3,(H,25,27). The Hall–Kier alpha value is -3.37. The highest BCUT2D eigenvalue weighted by atomic mass is 32.2. The molecule has 0 bridgehead atoms. The summed E-state index contributed by atoms with van der Waals surface area (Å²) in [6.07, 6.45) is 2.41. The second kappa shape index (κ2) is 8.05. The van der Waals surface area contributed by atoms with E-state index in [0.717, 1.165) is 29.1 Å². The Morgan fingerprint density at radius 1 is 1.13 bits per heavy atom. The molecule has 0 spiro atoms. The lowest BCUT2D eigenvalue weighted by Gasteiger charge is -2.12. The second-order valence-corrected chi connectivity index (χ2v) is 9.54. The van der Waals surface area contributed by atoms with Crippen molar-refractivity contribution in [3.8, 4) is 28.2 Å². The number of nitrogens with zero attached hydrogens (tertiary/aromatic N) is 3. The molecule has 2 aromatic carbocycles. The third kappa shape index (κ3) is 4.25. The molecule has 4 rings (SSSR count). The fraction of sp³-hybridized carbons (Fsp3) is 0.0952.